The van der Waals surface area contributed by atoms with Gasteiger partial charge in [0, 0.05) is 32.6 Å². The van der Waals surface area contributed by atoms with Gasteiger partial charge in [0.15, 0.2) is 5.76 Å². The predicted octanol–water partition coefficient (Wildman–Crippen LogP) is 0.124. The Labute approximate surface area is 136 Å². The average Bonchev–Trinajstić information content (AvgIpc) is 2.87. The lowest BCUT2D eigenvalue weighted by molar-refractivity contribution is -0.132. The van der Waals surface area contributed by atoms with E-state index in [0.29, 0.717) is 44.1 Å². The number of nitrogens with zero attached hydrogens (tertiary/aromatic N) is 3. The Balaban J connectivity index is 1.98. The Bertz CT molecular complexity index is 628. The van der Waals surface area contributed by atoms with Crippen LogP contribution in [-0.4, -0.2) is 68.5 Å². The van der Waals surface area contributed by atoms with Crippen molar-refractivity contribution in [2.75, 3.05) is 39.8 Å². The molecule has 0 radical (unpaired) electrons. The molecule has 1 aliphatic heterocycles. The fourth-order valence-electron chi connectivity index (χ4n) is 2.72. The minimum atomic E-state index is -3.62. The summed E-state index contributed by atoms with van der Waals surface area (Å²) in [5.41, 5.74) is 0.369. The van der Waals surface area contributed by atoms with Gasteiger partial charge in [0.05, 0.1) is 0 Å². The smallest absolute Gasteiger partial charge is 0.248 e. The van der Waals surface area contributed by atoms with Crippen LogP contribution >= 0.6 is 0 Å². The average molecular weight is 344 g/mol. The van der Waals surface area contributed by atoms with Gasteiger partial charge in [-0.15, -0.1) is 0 Å². The number of nitrogens with one attached hydrogen (secondary N) is 1. The Morgan fingerprint density at radius 1 is 1.26 bits per heavy atom. The third kappa shape index (κ3) is 3.91. The van der Waals surface area contributed by atoms with Crippen LogP contribution in [0.15, 0.2) is 9.42 Å². The van der Waals surface area contributed by atoms with Crippen LogP contribution in [0.25, 0.3) is 0 Å². The van der Waals surface area contributed by atoms with Crippen LogP contribution in [0.3, 0.4) is 0 Å². The van der Waals surface area contributed by atoms with Crippen molar-refractivity contribution < 1.29 is 17.7 Å². The van der Waals surface area contributed by atoms with Crippen molar-refractivity contribution in [3.8, 4) is 0 Å². The topological polar surface area (TPSA) is 95.8 Å². The summed E-state index contributed by atoms with van der Waals surface area (Å²) in [5, 5.41) is 6.72. The first-order chi connectivity index (χ1) is 10.9. The lowest BCUT2D eigenvalue weighted by atomic mass is 10.2. The summed E-state index contributed by atoms with van der Waals surface area (Å²) in [4.78, 5) is 13.9. The molecule has 23 heavy (non-hydrogen) atoms. The van der Waals surface area contributed by atoms with Gasteiger partial charge in [0.1, 0.15) is 10.6 Å². The fourth-order valence-corrected chi connectivity index (χ4v) is 4.44. The number of rotatable bonds is 6. The van der Waals surface area contributed by atoms with Gasteiger partial charge in [-0.05, 0) is 33.9 Å². The van der Waals surface area contributed by atoms with Crippen LogP contribution < -0.4 is 5.32 Å². The van der Waals surface area contributed by atoms with Gasteiger partial charge in [-0.1, -0.05) is 5.16 Å². The Kier molecular flexibility index (Phi) is 5.77. The van der Waals surface area contributed by atoms with Gasteiger partial charge in [0.25, 0.3) is 0 Å². The van der Waals surface area contributed by atoms with Crippen LogP contribution in [0.1, 0.15) is 24.3 Å². The van der Waals surface area contributed by atoms with E-state index < -0.39 is 10.0 Å². The van der Waals surface area contributed by atoms with E-state index in [4.69, 9.17) is 4.52 Å². The molecule has 0 aliphatic carbocycles. The normalized spacial score (nSPS) is 16.7. The zero-order valence-corrected chi connectivity index (χ0v) is 14.6. The second kappa shape index (κ2) is 7.41. The highest BCUT2D eigenvalue weighted by Gasteiger charge is 2.34. The number of aryl methyl sites for hydroxylation is 2. The van der Waals surface area contributed by atoms with E-state index >= 15 is 0 Å². The predicted molar refractivity (Wildman–Crippen MR) is 84.5 cm³/mol. The van der Waals surface area contributed by atoms with Crippen LogP contribution in [0.5, 0.6) is 0 Å². The molecule has 0 saturated carbocycles. The molecule has 1 aromatic heterocycles. The molecular weight excluding hydrogens is 320 g/mol. The SMILES string of the molecule is CNCCCC(=O)N1CCN(S(=O)(=O)c2c(C)noc2C)CC1. The Morgan fingerprint density at radius 2 is 1.91 bits per heavy atom. The molecule has 2 rings (SSSR count). The van der Waals surface area contributed by atoms with Crippen LogP contribution in [-0.2, 0) is 14.8 Å². The molecule has 1 saturated heterocycles. The van der Waals surface area contributed by atoms with E-state index in [-0.39, 0.29) is 10.8 Å². The molecule has 1 N–H and O–H groups in total. The van der Waals surface area contributed by atoms with Crippen molar-refractivity contribution in [2.24, 2.45) is 0 Å². The van der Waals surface area contributed by atoms with Crippen molar-refractivity contribution >= 4 is 15.9 Å². The number of carbonyl (C=O) groups excluding carboxylic acids is 1. The largest absolute Gasteiger partial charge is 0.360 e. The molecule has 0 atom stereocenters. The fraction of sp³-hybridized carbons (Fsp3) is 0.714. The summed E-state index contributed by atoms with van der Waals surface area (Å²) < 4.78 is 31.7. The first-order valence-corrected chi connectivity index (χ1v) is 9.17. The van der Waals surface area contributed by atoms with E-state index in [0.717, 1.165) is 13.0 Å². The van der Waals surface area contributed by atoms with Crippen molar-refractivity contribution in [3.63, 3.8) is 0 Å². The highest BCUT2D eigenvalue weighted by Crippen LogP contribution is 2.24. The Morgan fingerprint density at radius 3 is 2.43 bits per heavy atom. The third-order valence-corrected chi connectivity index (χ3v) is 6.12. The molecular formula is C14H24N4O4S. The number of hydrogen-bond acceptors (Lipinski definition) is 6. The highest BCUT2D eigenvalue weighted by atomic mass is 32.2. The zero-order valence-electron chi connectivity index (χ0n) is 13.8. The molecule has 1 amide bonds. The summed E-state index contributed by atoms with van der Waals surface area (Å²) in [6.07, 6.45) is 1.27. The number of amides is 1. The minimum Gasteiger partial charge on any atom is -0.360 e. The van der Waals surface area contributed by atoms with E-state index in [2.05, 4.69) is 10.5 Å². The minimum absolute atomic E-state index is 0.0784. The van der Waals surface area contributed by atoms with E-state index in [9.17, 15) is 13.2 Å². The van der Waals surface area contributed by atoms with Gasteiger partial charge >= 0.3 is 0 Å². The number of aromatic nitrogens is 1. The van der Waals surface area contributed by atoms with Crippen LogP contribution in [0.4, 0.5) is 0 Å². The number of hydrogen-bond donors (Lipinski definition) is 1. The first kappa shape index (κ1) is 17.9. The Hall–Kier alpha value is -1.45. The zero-order chi connectivity index (χ0) is 17.0. The summed E-state index contributed by atoms with van der Waals surface area (Å²) >= 11 is 0. The van der Waals surface area contributed by atoms with Crippen molar-refractivity contribution in [1.29, 1.82) is 0 Å². The second-order valence-electron chi connectivity index (χ2n) is 5.65. The van der Waals surface area contributed by atoms with E-state index in [1.54, 1.807) is 18.7 Å². The maximum absolute atomic E-state index is 12.7. The summed E-state index contributed by atoms with van der Waals surface area (Å²) in [6.45, 7) is 5.43. The van der Waals surface area contributed by atoms with Gasteiger partial charge in [0.2, 0.25) is 15.9 Å². The maximum Gasteiger partial charge on any atom is 0.248 e. The lowest BCUT2D eigenvalue weighted by Gasteiger charge is -2.34. The second-order valence-corrected chi connectivity index (χ2v) is 7.52. The molecule has 0 spiro atoms. The molecule has 9 heteroatoms. The first-order valence-electron chi connectivity index (χ1n) is 7.73. The molecule has 8 nitrogen and oxygen atoms in total. The molecule has 130 valence electrons. The van der Waals surface area contributed by atoms with Crippen LogP contribution in [0, 0.1) is 13.8 Å². The van der Waals surface area contributed by atoms with Crippen molar-refractivity contribution in [3.05, 3.63) is 11.5 Å². The lowest BCUT2D eigenvalue weighted by Crippen LogP contribution is -2.50. The van der Waals surface area contributed by atoms with Gasteiger partial charge in [-0.2, -0.15) is 4.31 Å². The number of sulfonamides is 1. The summed E-state index contributed by atoms with van der Waals surface area (Å²) in [6, 6.07) is 0. The molecule has 1 fully saturated rings. The van der Waals surface area contributed by atoms with Crippen molar-refractivity contribution in [2.45, 2.75) is 31.6 Å². The maximum atomic E-state index is 12.7. The van der Waals surface area contributed by atoms with Crippen molar-refractivity contribution in [1.82, 2.24) is 19.7 Å². The monoisotopic (exact) mass is 344 g/mol. The van der Waals surface area contributed by atoms with Gasteiger partial charge in [-0.3, -0.25) is 4.79 Å². The highest BCUT2D eigenvalue weighted by molar-refractivity contribution is 7.89. The molecule has 0 bridgehead atoms. The van der Waals surface area contributed by atoms with Crippen LogP contribution in [0.2, 0.25) is 0 Å². The summed E-state index contributed by atoms with van der Waals surface area (Å²) in [7, 11) is -1.77. The number of piperazine rings is 1. The summed E-state index contributed by atoms with van der Waals surface area (Å²) in [5.74, 6) is 0.378. The standard InChI is InChI=1S/C14H24N4O4S/c1-11-14(12(2)22-16-11)23(20,21)18-9-7-17(8-10-18)13(19)5-4-6-15-3/h15H,4-10H2,1-3H3. The van der Waals surface area contributed by atoms with Gasteiger partial charge in [-0.25, -0.2) is 8.42 Å². The molecule has 0 unspecified atom stereocenters. The molecule has 0 aromatic carbocycles. The van der Waals surface area contributed by atoms with E-state index in [1.807, 2.05) is 7.05 Å². The van der Waals surface area contributed by atoms with Gasteiger partial charge < -0.3 is 14.7 Å². The third-order valence-electron chi connectivity index (χ3n) is 3.97. The quantitative estimate of drug-likeness (QED) is 0.737. The molecule has 2 heterocycles. The molecule has 1 aromatic rings. The molecule has 1 aliphatic rings. The van der Waals surface area contributed by atoms with E-state index in [1.165, 1.54) is 4.31 Å². The number of carbonyl (C=O) groups is 1.